The molecule has 2 heterocycles. The SMILES string of the molecule is Cn1c(SCC(=O)N2CC(=O)Nc3ccccc32)nnc1-c1ccccc1Cl. The van der Waals surface area contributed by atoms with Crippen molar-refractivity contribution in [2.75, 3.05) is 22.5 Å². The van der Waals surface area contributed by atoms with Crippen molar-refractivity contribution in [3.8, 4) is 11.4 Å². The normalized spacial score (nSPS) is 13.2. The Morgan fingerprint density at radius 3 is 2.75 bits per heavy atom. The third kappa shape index (κ3) is 3.48. The minimum Gasteiger partial charge on any atom is -0.323 e. The molecular formula is C19H16ClN5O2S. The van der Waals surface area contributed by atoms with E-state index in [1.54, 1.807) is 16.7 Å². The monoisotopic (exact) mass is 413 g/mol. The lowest BCUT2D eigenvalue weighted by Gasteiger charge is -2.29. The fourth-order valence-electron chi connectivity index (χ4n) is 2.98. The van der Waals surface area contributed by atoms with Gasteiger partial charge in [0.2, 0.25) is 11.8 Å². The first-order chi connectivity index (χ1) is 13.5. The molecule has 0 atom stereocenters. The highest BCUT2D eigenvalue weighted by molar-refractivity contribution is 7.99. The van der Waals surface area contributed by atoms with Gasteiger partial charge in [-0.1, -0.05) is 47.6 Å². The van der Waals surface area contributed by atoms with Crippen molar-refractivity contribution in [1.29, 1.82) is 0 Å². The van der Waals surface area contributed by atoms with Gasteiger partial charge in [-0.3, -0.25) is 9.59 Å². The standard InChI is InChI=1S/C19H16ClN5O2S/c1-24-18(12-6-2-3-7-13(12)20)22-23-19(24)28-11-17(27)25-10-16(26)21-14-8-4-5-9-15(14)25/h2-9H,10-11H2,1H3,(H,21,26). The molecule has 0 bridgehead atoms. The molecule has 142 valence electrons. The number of hydrogen-bond donors (Lipinski definition) is 1. The quantitative estimate of drug-likeness (QED) is 0.664. The number of benzene rings is 2. The van der Waals surface area contributed by atoms with Crippen LogP contribution in [0.1, 0.15) is 0 Å². The first kappa shape index (κ1) is 18.5. The fraction of sp³-hybridized carbons (Fsp3) is 0.158. The number of amides is 2. The van der Waals surface area contributed by atoms with Crippen molar-refractivity contribution < 1.29 is 9.59 Å². The van der Waals surface area contributed by atoms with Crippen LogP contribution >= 0.6 is 23.4 Å². The number of carbonyl (C=O) groups excluding carboxylic acids is 2. The summed E-state index contributed by atoms with van der Waals surface area (Å²) in [6.45, 7) is 0.0000947. The maximum absolute atomic E-state index is 12.8. The molecule has 9 heteroatoms. The van der Waals surface area contributed by atoms with E-state index in [9.17, 15) is 9.59 Å². The number of halogens is 1. The Bertz CT molecular complexity index is 1070. The molecule has 4 rings (SSSR count). The molecule has 7 nitrogen and oxygen atoms in total. The molecule has 1 aliphatic heterocycles. The molecule has 2 amide bonds. The molecule has 0 saturated heterocycles. The third-order valence-corrected chi connectivity index (χ3v) is 5.68. The number of fused-ring (bicyclic) bond motifs is 1. The summed E-state index contributed by atoms with van der Waals surface area (Å²) in [5, 5.41) is 12.3. The Hall–Kier alpha value is -2.84. The highest BCUT2D eigenvalue weighted by atomic mass is 35.5. The molecule has 0 unspecified atom stereocenters. The number of hydrogen-bond acceptors (Lipinski definition) is 5. The Morgan fingerprint density at radius 2 is 1.93 bits per heavy atom. The summed E-state index contributed by atoms with van der Waals surface area (Å²) >= 11 is 7.51. The molecule has 28 heavy (non-hydrogen) atoms. The zero-order valence-electron chi connectivity index (χ0n) is 14.9. The zero-order chi connectivity index (χ0) is 19.7. The van der Waals surface area contributed by atoms with Crippen LogP contribution in [0.4, 0.5) is 11.4 Å². The number of thioether (sulfide) groups is 1. The van der Waals surface area contributed by atoms with Crippen molar-refractivity contribution in [3.05, 3.63) is 53.6 Å². The van der Waals surface area contributed by atoms with Crippen molar-refractivity contribution in [2.24, 2.45) is 7.05 Å². The number of aromatic nitrogens is 3. The van der Waals surface area contributed by atoms with Gasteiger partial charge < -0.3 is 14.8 Å². The highest BCUT2D eigenvalue weighted by Gasteiger charge is 2.27. The molecule has 0 spiro atoms. The van der Waals surface area contributed by atoms with Crippen LogP contribution in [0.2, 0.25) is 5.02 Å². The molecule has 0 aliphatic carbocycles. The number of nitrogens with zero attached hydrogens (tertiary/aromatic N) is 4. The largest absolute Gasteiger partial charge is 0.323 e. The van der Waals surface area contributed by atoms with E-state index in [1.807, 2.05) is 43.4 Å². The van der Waals surface area contributed by atoms with Crippen LogP contribution in [0.25, 0.3) is 11.4 Å². The zero-order valence-corrected chi connectivity index (χ0v) is 16.5. The van der Waals surface area contributed by atoms with E-state index >= 15 is 0 Å². The maximum atomic E-state index is 12.8. The lowest BCUT2D eigenvalue weighted by atomic mass is 10.2. The molecule has 1 N–H and O–H groups in total. The number of para-hydroxylation sites is 2. The molecule has 0 radical (unpaired) electrons. The lowest BCUT2D eigenvalue weighted by molar-refractivity contribution is -0.120. The molecule has 0 saturated carbocycles. The molecule has 1 aliphatic rings. The number of anilines is 2. The van der Waals surface area contributed by atoms with Crippen LogP contribution < -0.4 is 10.2 Å². The first-order valence-electron chi connectivity index (χ1n) is 8.51. The summed E-state index contributed by atoms with van der Waals surface area (Å²) < 4.78 is 1.80. The lowest BCUT2D eigenvalue weighted by Crippen LogP contribution is -2.43. The topological polar surface area (TPSA) is 80.1 Å². The van der Waals surface area contributed by atoms with Crippen LogP contribution in [-0.4, -0.2) is 38.9 Å². The maximum Gasteiger partial charge on any atom is 0.244 e. The van der Waals surface area contributed by atoms with E-state index in [-0.39, 0.29) is 24.1 Å². The molecule has 0 fully saturated rings. The van der Waals surface area contributed by atoms with Crippen LogP contribution in [0.5, 0.6) is 0 Å². The average Bonchev–Trinajstić information content (AvgIpc) is 3.06. The predicted molar refractivity (Wildman–Crippen MR) is 110 cm³/mol. The van der Waals surface area contributed by atoms with Gasteiger partial charge in [-0.25, -0.2) is 0 Å². The van der Waals surface area contributed by atoms with Gasteiger partial charge in [0.25, 0.3) is 0 Å². The van der Waals surface area contributed by atoms with E-state index in [0.29, 0.717) is 27.4 Å². The van der Waals surface area contributed by atoms with Gasteiger partial charge in [0.05, 0.1) is 22.2 Å². The first-order valence-corrected chi connectivity index (χ1v) is 9.87. The second-order valence-corrected chi connectivity index (χ2v) is 7.53. The van der Waals surface area contributed by atoms with Crippen LogP contribution in [0.3, 0.4) is 0 Å². The van der Waals surface area contributed by atoms with Gasteiger partial charge in [0, 0.05) is 12.6 Å². The third-order valence-electron chi connectivity index (χ3n) is 4.35. The van der Waals surface area contributed by atoms with Crippen molar-refractivity contribution in [2.45, 2.75) is 5.16 Å². The van der Waals surface area contributed by atoms with Gasteiger partial charge in [0.15, 0.2) is 11.0 Å². The van der Waals surface area contributed by atoms with Crippen molar-refractivity contribution in [1.82, 2.24) is 14.8 Å². The molecule has 3 aromatic rings. The molecule has 2 aromatic carbocycles. The number of nitrogens with one attached hydrogen (secondary N) is 1. The van der Waals surface area contributed by atoms with Gasteiger partial charge in [-0.05, 0) is 24.3 Å². The second kappa shape index (κ2) is 7.65. The van der Waals surface area contributed by atoms with E-state index in [1.165, 1.54) is 16.7 Å². The summed E-state index contributed by atoms with van der Waals surface area (Å²) in [7, 11) is 1.83. The summed E-state index contributed by atoms with van der Waals surface area (Å²) in [5.41, 5.74) is 2.11. The van der Waals surface area contributed by atoms with E-state index in [0.717, 1.165) is 5.56 Å². The highest BCUT2D eigenvalue weighted by Crippen LogP contribution is 2.31. The summed E-state index contributed by atoms with van der Waals surface area (Å²) in [6, 6.07) is 14.6. The Morgan fingerprint density at radius 1 is 1.18 bits per heavy atom. The minimum atomic E-state index is -0.211. The van der Waals surface area contributed by atoms with Crippen molar-refractivity contribution >= 4 is 46.6 Å². The minimum absolute atomic E-state index is 0.0000947. The smallest absolute Gasteiger partial charge is 0.244 e. The Balaban J connectivity index is 1.51. The van der Waals surface area contributed by atoms with Gasteiger partial charge in [-0.2, -0.15) is 0 Å². The van der Waals surface area contributed by atoms with Gasteiger partial charge in [0.1, 0.15) is 6.54 Å². The number of carbonyl (C=O) groups is 2. The van der Waals surface area contributed by atoms with E-state index < -0.39 is 0 Å². The summed E-state index contributed by atoms with van der Waals surface area (Å²) in [4.78, 5) is 26.2. The van der Waals surface area contributed by atoms with Crippen LogP contribution in [0.15, 0.2) is 53.7 Å². The predicted octanol–water partition coefficient (Wildman–Crippen LogP) is 3.21. The second-order valence-electron chi connectivity index (χ2n) is 6.18. The average molecular weight is 414 g/mol. The Labute approximate surface area is 170 Å². The van der Waals surface area contributed by atoms with Crippen LogP contribution in [-0.2, 0) is 16.6 Å². The number of rotatable bonds is 4. The van der Waals surface area contributed by atoms with Crippen molar-refractivity contribution in [3.63, 3.8) is 0 Å². The van der Waals surface area contributed by atoms with Gasteiger partial charge in [-0.15, -0.1) is 10.2 Å². The molecule has 1 aromatic heterocycles. The van der Waals surface area contributed by atoms with E-state index in [2.05, 4.69) is 15.5 Å². The fourth-order valence-corrected chi connectivity index (χ4v) is 3.98. The van der Waals surface area contributed by atoms with Crippen LogP contribution in [0, 0.1) is 0 Å². The summed E-state index contributed by atoms with van der Waals surface area (Å²) in [6.07, 6.45) is 0. The molecular weight excluding hydrogens is 398 g/mol. The summed E-state index contributed by atoms with van der Waals surface area (Å²) in [5.74, 6) is 0.380. The van der Waals surface area contributed by atoms with E-state index in [4.69, 9.17) is 11.6 Å². The Kier molecular flexibility index (Phi) is 5.06. The van der Waals surface area contributed by atoms with Gasteiger partial charge >= 0.3 is 0 Å².